The number of methoxy groups -OCH3 is 2. The highest BCUT2D eigenvalue weighted by atomic mass is 79.9. The van der Waals surface area contributed by atoms with E-state index in [1.807, 2.05) is 41.2 Å². The van der Waals surface area contributed by atoms with Gasteiger partial charge < -0.3 is 9.47 Å². The summed E-state index contributed by atoms with van der Waals surface area (Å²) in [7, 11) is 2.66. The highest BCUT2D eigenvalue weighted by Crippen LogP contribution is 2.56. The predicted octanol–water partition coefficient (Wildman–Crippen LogP) is 3.51. The van der Waals surface area contributed by atoms with Crippen molar-refractivity contribution in [2.45, 2.75) is 32.4 Å². The van der Waals surface area contributed by atoms with E-state index in [1.54, 1.807) is 0 Å². The average molecular weight is 420 g/mol. The molecule has 0 saturated heterocycles. The van der Waals surface area contributed by atoms with Crippen molar-refractivity contribution in [2.24, 2.45) is 5.92 Å². The molecule has 3 atom stereocenters. The van der Waals surface area contributed by atoms with Gasteiger partial charge in [-0.3, -0.25) is 0 Å². The van der Waals surface area contributed by atoms with Crippen LogP contribution in [0.25, 0.3) is 5.57 Å². The number of hydrogen-bond acceptors (Lipinski definition) is 5. The Morgan fingerprint density at radius 3 is 2.23 bits per heavy atom. The number of carbonyl (C=O) groups excluding carboxylic acids is 2. The normalized spacial score (nSPS) is 28.4. The Labute approximate surface area is 162 Å². The number of hydrogen-bond donors (Lipinski definition) is 0. The molecule has 1 aromatic carbocycles. The quantitative estimate of drug-likeness (QED) is 0.554. The maximum atomic E-state index is 12.7. The highest BCUT2D eigenvalue weighted by molar-refractivity contribution is 9.07. The number of carbonyl (C=O) groups is 2. The fourth-order valence-electron chi connectivity index (χ4n) is 4.17. The van der Waals surface area contributed by atoms with E-state index < -0.39 is 23.5 Å². The molecule has 0 radical (unpaired) electrons. The van der Waals surface area contributed by atoms with Crippen LogP contribution in [0.1, 0.15) is 26.3 Å². The van der Waals surface area contributed by atoms with E-state index in [0.29, 0.717) is 11.1 Å². The van der Waals surface area contributed by atoms with Gasteiger partial charge in [-0.15, -0.1) is 0 Å². The summed E-state index contributed by atoms with van der Waals surface area (Å²) in [6, 6.07) is 9.47. The van der Waals surface area contributed by atoms with E-state index in [4.69, 9.17) is 9.47 Å². The summed E-state index contributed by atoms with van der Waals surface area (Å²) in [5.74, 6) is -1.04. The molecule has 0 fully saturated rings. The number of benzene rings is 1. The monoisotopic (exact) mass is 419 g/mol. The zero-order valence-electron chi connectivity index (χ0n) is 15.5. The lowest BCUT2D eigenvalue weighted by atomic mass is 9.74. The Kier molecular flexibility index (Phi) is 4.84. The number of rotatable bonds is 3. The Hall–Kier alpha value is -1.92. The molecule has 0 aliphatic carbocycles. The first-order valence-electron chi connectivity index (χ1n) is 8.43. The minimum atomic E-state index is -0.719. The summed E-state index contributed by atoms with van der Waals surface area (Å²) in [5, 5.41) is 0. The van der Waals surface area contributed by atoms with Crippen molar-refractivity contribution in [1.29, 1.82) is 0 Å². The van der Waals surface area contributed by atoms with E-state index in [-0.39, 0.29) is 5.92 Å². The van der Waals surface area contributed by atoms with E-state index in [9.17, 15) is 9.59 Å². The van der Waals surface area contributed by atoms with Crippen LogP contribution in [0.2, 0.25) is 0 Å². The molecule has 2 bridgehead atoms. The van der Waals surface area contributed by atoms with Crippen molar-refractivity contribution in [2.75, 3.05) is 14.2 Å². The minimum absolute atomic E-state index is 0.0235. The minimum Gasteiger partial charge on any atom is -0.466 e. The standard InChI is InChI=1S/C20H22BrNO4/c1-11-12(2)20(3)16(19(24)26-5)15(18(23)25-4)17(22(20)21)14(11)13-9-7-6-8-10-13/h6-10,12,17H,1-5H3/t12-,17+,20-/m0/s1. The van der Waals surface area contributed by atoms with Gasteiger partial charge >= 0.3 is 11.9 Å². The number of fused-ring (bicyclic) bond motifs is 2. The molecule has 5 nitrogen and oxygen atoms in total. The van der Waals surface area contributed by atoms with Crippen LogP contribution in [0.3, 0.4) is 0 Å². The smallest absolute Gasteiger partial charge is 0.336 e. The third-order valence-corrected chi connectivity index (χ3v) is 6.94. The first kappa shape index (κ1) is 18.9. The average Bonchev–Trinajstić information content (AvgIpc) is 2.85. The van der Waals surface area contributed by atoms with E-state index in [0.717, 1.165) is 16.7 Å². The molecule has 26 heavy (non-hydrogen) atoms. The van der Waals surface area contributed by atoms with Crippen LogP contribution in [0.15, 0.2) is 47.1 Å². The molecule has 6 heteroatoms. The molecule has 0 N–H and O–H groups in total. The molecule has 138 valence electrons. The van der Waals surface area contributed by atoms with Gasteiger partial charge in [0.15, 0.2) is 0 Å². The van der Waals surface area contributed by atoms with Crippen molar-refractivity contribution < 1.29 is 19.1 Å². The Balaban J connectivity index is 2.35. The summed E-state index contributed by atoms with van der Waals surface area (Å²) in [6.45, 7) is 6.08. The van der Waals surface area contributed by atoms with Crippen LogP contribution in [-0.4, -0.2) is 41.7 Å². The molecule has 2 heterocycles. The second kappa shape index (κ2) is 6.67. The Morgan fingerprint density at radius 1 is 1.12 bits per heavy atom. The summed E-state index contributed by atoms with van der Waals surface area (Å²) >= 11 is 3.66. The lowest BCUT2D eigenvalue weighted by molar-refractivity contribution is -0.139. The van der Waals surface area contributed by atoms with Crippen molar-refractivity contribution in [3.63, 3.8) is 0 Å². The summed E-state index contributed by atoms with van der Waals surface area (Å²) < 4.78 is 12.0. The molecule has 0 aromatic heterocycles. The molecule has 0 amide bonds. The second-order valence-electron chi connectivity index (χ2n) is 6.82. The van der Waals surface area contributed by atoms with Crippen LogP contribution in [0, 0.1) is 5.92 Å². The Morgan fingerprint density at radius 2 is 1.69 bits per heavy atom. The molecular formula is C20H22BrNO4. The van der Waals surface area contributed by atoms with E-state index in [2.05, 4.69) is 30.0 Å². The highest BCUT2D eigenvalue weighted by Gasteiger charge is 2.60. The van der Waals surface area contributed by atoms with Gasteiger partial charge in [-0.1, -0.05) is 42.8 Å². The van der Waals surface area contributed by atoms with Crippen molar-refractivity contribution in [3.8, 4) is 0 Å². The molecule has 2 aliphatic rings. The molecule has 0 unspecified atom stereocenters. The molecule has 0 saturated carbocycles. The van der Waals surface area contributed by atoms with Crippen molar-refractivity contribution >= 4 is 33.7 Å². The largest absolute Gasteiger partial charge is 0.466 e. The zero-order valence-corrected chi connectivity index (χ0v) is 17.1. The van der Waals surface area contributed by atoms with Gasteiger partial charge in [0.2, 0.25) is 0 Å². The summed E-state index contributed by atoms with van der Waals surface area (Å²) in [5.41, 5.74) is 3.13. The molecule has 1 aromatic rings. The third-order valence-electron chi connectivity index (χ3n) is 5.79. The van der Waals surface area contributed by atoms with Crippen molar-refractivity contribution in [1.82, 2.24) is 3.93 Å². The molecule has 2 aliphatic heterocycles. The van der Waals surface area contributed by atoms with Gasteiger partial charge in [0.05, 0.1) is 36.9 Å². The van der Waals surface area contributed by atoms with Crippen molar-refractivity contribution in [3.05, 3.63) is 52.6 Å². The number of halogens is 1. The van der Waals surface area contributed by atoms with Gasteiger partial charge in [0.25, 0.3) is 0 Å². The fourth-order valence-corrected chi connectivity index (χ4v) is 5.07. The lowest BCUT2D eigenvalue weighted by Gasteiger charge is -2.46. The van der Waals surface area contributed by atoms with Crippen LogP contribution in [0.4, 0.5) is 0 Å². The maximum absolute atomic E-state index is 12.7. The van der Waals surface area contributed by atoms with Crippen LogP contribution >= 0.6 is 16.1 Å². The van der Waals surface area contributed by atoms with Crippen LogP contribution < -0.4 is 0 Å². The van der Waals surface area contributed by atoms with Gasteiger partial charge in [-0.2, -0.15) is 0 Å². The lowest BCUT2D eigenvalue weighted by Crippen LogP contribution is -2.51. The fraction of sp³-hybridized carbons (Fsp3) is 0.400. The number of ether oxygens (including phenoxy) is 2. The topological polar surface area (TPSA) is 55.8 Å². The van der Waals surface area contributed by atoms with Gasteiger partial charge in [-0.05, 0) is 25.0 Å². The third kappa shape index (κ3) is 2.39. The predicted molar refractivity (Wildman–Crippen MR) is 102 cm³/mol. The van der Waals surface area contributed by atoms with Gasteiger partial charge in [0, 0.05) is 22.1 Å². The van der Waals surface area contributed by atoms with Gasteiger partial charge in [-0.25, -0.2) is 13.5 Å². The van der Waals surface area contributed by atoms with Gasteiger partial charge in [0.1, 0.15) is 0 Å². The number of nitrogens with zero attached hydrogens (tertiary/aromatic N) is 1. The first-order valence-corrected chi connectivity index (χ1v) is 9.14. The molecule has 0 spiro atoms. The second-order valence-corrected chi connectivity index (χ2v) is 7.58. The zero-order chi connectivity index (χ0) is 19.2. The first-order chi connectivity index (χ1) is 12.3. The number of esters is 2. The summed E-state index contributed by atoms with van der Waals surface area (Å²) in [6.07, 6.45) is 0. The maximum Gasteiger partial charge on any atom is 0.336 e. The molecular weight excluding hydrogens is 398 g/mol. The Bertz CT molecular complexity index is 829. The van der Waals surface area contributed by atoms with Crippen LogP contribution in [0.5, 0.6) is 0 Å². The van der Waals surface area contributed by atoms with E-state index in [1.165, 1.54) is 14.2 Å². The molecule has 3 rings (SSSR count). The van der Waals surface area contributed by atoms with Crippen LogP contribution in [-0.2, 0) is 19.1 Å². The van der Waals surface area contributed by atoms with E-state index >= 15 is 0 Å². The SMILES string of the molecule is COC(=O)C1=C(C(=O)OC)[C@]2(C)[C@@H](C)C(C)=C(c3ccccc3)[C@H]1N2Br. The summed E-state index contributed by atoms with van der Waals surface area (Å²) in [4.78, 5) is 25.4.